The van der Waals surface area contributed by atoms with Crippen molar-refractivity contribution in [1.82, 2.24) is 5.32 Å². The standard InChI is InChI=1S/C11H21N/c1-3-5-6-7-8-9-11-12-10-4-2/h3,7-8,12H,1,4-6,9-11H2,2H3. The molecule has 0 amide bonds. The van der Waals surface area contributed by atoms with Gasteiger partial charge in [-0.3, -0.25) is 0 Å². The molecule has 0 aromatic rings. The van der Waals surface area contributed by atoms with Crippen LogP contribution in [-0.2, 0) is 0 Å². The van der Waals surface area contributed by atoms with Gasteiger partial charge in [0.25, 0.3) is 0 Å². The fourth-order valence-corrected chi connectivity index (χ4v) is 0.937. The highest BCUT2D eigenvalue weighted by atomic mass is 14.8. The van der Waals surface area contributed by atoms with Gasteiger partial charge in [0.1, 0.15) is 0 Å². The van der Waals surface area contributed by atoms with Gasteiger partial charge in [0, 0.05) is 0 Å². The van der Waals surface area contributed by atoms with Gasteiger partial charge in [0.2, 0.25) is 0 Å². The first-order chi connectivity index (χ1) is 5.91. The van der Waals surface area contributed by atoms with E-state index >= 15 is 0 Å². The zero-order valence-electron chi connectivity index (χ0n) is 8.18. The van der Waals surface area contributed by atoms with Gasteiger partial charge in [-0.25, -0.2) is 0 Å². The summed E-state index contributed by atoms with van der Waals surface area (Å²) in [4.78, 5) is 0. The Morgan fingerprint density at radius 3 is 2.50 bits per heavy atom. The predicted molar refractivity (Wildman–Crippen MR) is 56.3 cm³/mol. The third-order valence-corrected chi connectivity index (χ3v) is 1.62. The van der Waals surface area contributed by atoms with Crippen LogP contribution in [0.1, 0.15) is 32.6 Å². The molecule has 0 saturated heterocycles. The van der Waals surface area contributed by atoms with Crippen molar-refractivity contribution in [1.29, 1.82) is 0 Å². The lowest BCUT2D eigenvalue weighted by Crippen LogP contribution is -2.14. The minimum absolute atomic E-state index is 1.10. The van der Waals surface area contributed by atoms with E-state index in [9.17, 15) is 0 Å². The smallest absolute Gasteiger partial charge is 0.00143 e. The maximum absolute atomic E-state index is 3.67. The topological polar surface area (TPSA) is 12.0 Å². The molecule has 1 nitrogen and oxygen atoms in total. The van der Waals surface area contributed by atoms with Crippen LogP contribution in [0.4, 0.5) is 0 Å². The zero-order chi connectivity index (χ0) is 9.07. The molecular formula is C11H21N. The third kappa shape index (κ3) is 9.44. The summed E-state index contributed by atoms with van der Waals surface area (Å²) in [6.45, 7) is 8.11. The van der Waals surface area contributed by atoms with E-state index in [1.54, 1.807) is 0 Å². The normalized spacial score (nSPS) is 10.8. The Kier molecular flexibility index (Phi) is 9.95. The quantitative estimate of drug-likeness (QED) is 0.433. The molecule has 0 aliphatic rings. The summed E-state index contributed by atoms with van der Waals surface area (Å²) in [5, 5.41) is 3.35. The van der Waals surface area contributed by atoms with Gasteiger partial charge in [-0.2, -0.15) is 0 Å². The third-order valence-electron chi connectivity index (χ3n) is 1.62. The molecule has 1 N–H and O–H groups in total. The van der Waals surface area contributed by atoms with Crippen LogP contribution in [0, 0.1) is 0 Å². The van der Waals surface area contributed by atoms with Crippen LogP contribution in [0.2, 0.25) is 0 Å². The van der Waals surface area contributed by atoms with Gasteiger partial charge in [0.05, 0.1) is 0 Å². The van der Waals surface area contributed by atoms with Crippen LogP contribution in [0.5, 0.6) is 0 Å². The Morgan fingerprint density at radius 1 is 1.08 bits per heavy atom. The van der Waals surface area contributed by atoms with Crippen LogP contribution in [-0.4, -0.2) is 13.1 Å². The molecule has 0 fully saturated rings. The largest absolute Gasteiger partial charge is 0.316 e. The van der Waals surface area contributed by atoms with Crippen molar-refractivity contribution in [3.05, 3.63) is 24.8 Å². The fourth-order valence-electron chi connectivity index (χ4n) is 0.937. The number of hydrogen-bond acceptors (Lipinski definition) is 1. The average Bonchev–Trinajstić information content (AvgIpc) is 2.10. The number of unbranched alkanes of at least 4 members (excludes halogenated alkanes) is 1. The van der Waals surface area contributed by atoms with Gasteiger partial charge >= 0.3 is 0 Å². The number of allylic oxidation sites excluding steroid dienone is 2. The van der Waals surface area contributed by atoms with Crippen LogP contribution in [0.3, 0.4) is 0 Å². The SMILES string of the molecule is C=CCCC=CCCNCCC. The Hall–Kier alpha value is -0.560. The molecule has 0 heterocycles. The Bertz CT molecular complexity index is 116. The first-order valence-corrected chi connectivity index (χ1v) is 4.88. The zero-order valence-corrected chi connectivity index (χ0v) is 8.18. The van der Waals surface area contributed by atoms with Crippen molar-refractivity contribution in [2.75, 3.05) is 13.1 Å². The molecule has 0 atom stereocenters. The van der Waals surface area contributed by atoms with Crippen molar-refractivity contribution in [3.8, 4) is 0 Å². The molecule has 0 unspecified atom stereocenters. The number of rotatable bonds is 8. The number of nitrogens with one attached hydrogen (secondary N) is 1. The Balaban J connectivity index is 2.97. The summed E-state index contributed by atoms with van der Waals surface area (Å²) in [6.07, 6.45) is 11.0. The molecule has 0 aliphatic carbocycles. The van der Waals surface area contributed by atoms with Crippen LogP contribution in [0.25, 0.3) is 0 Å². The van der Waals surface area contributed by atoms with Gasteiger partial charge in [0.15, 0.2) is 0 Å². The lowest BCUT2D eigenvalue weighted by molar-refractivity contribution is 0.677. The van der Waals surface area contributed by atoms with E-state index in [0.717, 1.165) is 32.4 Å². The summed E-state index contributed by atoms with van der Waals surface area (Å²) in [6, 6.07) is 0. The molecule has 0 bridgehead atoms. The molecule has 0 aromatic heterocycles. The minimum Gasteiger partial charge on any atom is -0.316 e. The maximum atomic E-state index is 3.67. The van der Waals surface area contributed by atoms with E-state index in [0.29, 0.717) is 0 Å². The van der Waals surface area contributed by atoms with Gasteiger partial charge in [-0.1, -0.05) is 25.2 Å². The predicted octanol–water partition coefficient (Wildman–Crippen LogP) is 2.90. The highest BCUT2D eigenvalue weighted by molar-refractivity contribution is 4.84. The van der Waals surface area contributed by atoms with Crippen LogP contribution in [0.15, 0.2) is 24.8 Å². The summed E-state index contributed by atoms with van der Waals surface area (Å²) in [7, 11) is 0. The summed E-state index contributed by atoms with van der Waals surface area (Å²) in [5.41, 5.74) is 0. The van der Waals surface area contributed by atoms with E-state index in [4.69, 9.17) is 0 Å². The van der Waals surface area contributed by atoms with Crippen molar-refractivity contribution in [2.24, 2.45) is 0 Å². The van der Waals surface area contributed by atoms with Crippen LogP contribution < -0.4 is 5.32 Å². The maximum Gasteiger partial charge on any atom is -0.00143 e. The molecule has 0 spiro atoms. The summed E-state index contributed by atoms with van der Waals surface area (Å²) >= 11 is 0. The second-order valence-corrected chi connectivity index (χ2v) is 2.88. The van der Waals surface area contributed by atoms with Crippen molar-refractivity contribution in [3.63, 3.8) is 0 Å². The van der Waals surface area contributed by atoms with E-state index in [-0.39, 0.29) is 0 Å². The first-order valence-electron chi connectivity index (χ1n) is 4.88. The Labute approximate surface area is 76.6 Å². The van der Waals surface area contributed by atoms with Crippen molar-refractivity contribution >= 4 is 0 Å². The highest BCUT2D eigenvalue weighted by Gasteiger charge is 1.81. The highest BCUT2D eigenvalue weighted by Crippen LogP contribution is 1.92. The second kappa shape index (κ2) is 10.4. The van der Waals surface area contributed by atoms with Gasteiger partial charge < -0.3 is 5.32 Å². The molecule has 0 saturated carbocycles. The molecule has 70 valence electrons. The summed E-state index contributed by atoms with van der Waals surface area (Å²) < 4.78 is 0. The van der Waals surface area contributed by atoms with Crippen LogP contribution >= 0.6 is 0 Å². The second-order valence-electron chi connectivity index (χ2n) is 2.88. The number of hydrogen-bond donors (Lipinski definition) is 1. The molecule has 0 aromatic carbocycles. The van der Waals surface area contributed by atoms with Gasteiger partial charge in [-0.15, -0.1) is 6.58 Å². The van der Waals surface area contributed by atoms with E-state index in [2.05, 4.69) is 31.0 Å². The first kappa shape index (κ1) is 11.4. The monoisotopic (exact) mass is 167 g/mol. The molecule has 1 heteroatoms. The van der Waals surface area contributed by atoms with E-state index < -0.39 is 0 Å². The van der Waals surface area contributed by atoms with Crippen molar-refractivity contribution < 1.29 is 0 Å². The lowest BCUT2D eigenvalue weighted by Gasteiger charge is -1.97. The van der Waals surface area contributed by atoms with E-state index in [1.807, 2.05) is 6.08 Å². The molecule has 0 aliphatic heterocycles. The van der Waals surface area contributed by atoms with Crippen molar-refractivity contribution in [2.45, 2.75) is 32.6 Å². The van der Waals surface area contributed by atoms with E-state index in [1.165, 1.54) is 6.42 Å². The molecule has 0 rings (SSSR count). The molecule has 0 radical (unpaired) electrons. The Morgan fingerprint density at radius 2 is 1.83 bits per heavy atom. The summed E-state index contributed by atoms with van der Waals surface area (Å²) in [5.74, 6) is 0. The minimum atomic E-state index is 1.10. The lowest BCUT2D eigenvalue weighted by atomic mass is 10.2. The fraction of sp³-hybridized carbons (Fsp3) is 0.636. The van der Waals surface area contributed by atoms with Gasteiger partial charge in [-0.05, 0) is 38.8 Å². The molecule has 12 heavy (non-hydrogen) atoms. The molecular weight excluding hydrogens is 146 g/mol. The average molecular weight is 167 g/mol.